The Hall–Kier alpha value is -2.93. The van der Waals surface area contributed by atoms with Crippen molar-refractivity contribution in [2.45, 2.75) is 46.1 Å². The van der Waals surface area contributed by atoms with Crippen LogP contribution in [0, 0.1) is 0 Å². The Morgan fingerprint density at radius 1 is 1.13 bits per heavy atom. The van der Waals surface area contributed by atoms with Crippen molar-refractivity contribution in [3.63, 3.8) is 0 Å². The number of aromatic nitrogens is 2. The molecule has 1 N–H and O–H groups in total. The van der Waals surface area contributed by atoms with Gasteiger partial charge in [-0.05, 0) is 37.4 Å². The van der Waals surface area contributed by atoms with Gasteiger partial charge in [0.25, 0.3) is 11.8 Å². The van der Waals surface area contributed by atoms with Gasteiger partial charge in [-0.1, -0.05) is 51.9 Å². The third kappa shape index (κ3) is 4.79. The van der Waals surface area contributed by atoms with Crippen LogP contribution in [0.15, 0.2) is 51.6 Å². The van der Waals surface area contributed by atoms with Gasteiger partial charge < -0.3 is 14.3 Å². The molecule has 0 aliphatic rings. The second-order valence-electron chi connectivity index (χ2n) is 8.18. The zero-order chi connectivity index (χ0) is 21.7. The van der Waals surface area contributed by atoms with Gasteiger partial charge in [-0.2, -0.15) is 4.98 Å². The molecule has 0 bridgehead atoms. The molecule has 1 amide bonds. The Morgan fingerprint density at radius 3 is 2.47 bits per heavy atom. The van der Waals surface area contributed by atoms with Gasteiger partial charge in [-0.25, -0.2) is 0 Å². The fourth-order valence-corrected chi connectivity index (χ4v) is 3.34. The first-order chi connectivity index (χ1) is 14.3. The second kappa shape index (κ2) is 9.26. The van der Waals surface area contributed by atoms with Crippen molar-refractivity contribution in [2.75, 3.05) is 19.6 Å². The number of benzene rings is 1. The van der Waals surface area contributed by atoms with E-state index in [-0.39, 0.29) is 17.4 Å². The maximum atomic E-state index is 13.1. The topological polar surface area (TPSA) is 84.4 Å². The number of nitrogens with one attached hydrogen (secondary N) is 1. The zero-order valence-corrected chi connectivity index (χ0v) is 18.3. The maximum absolute atomic E-state index is 13.1. The lowest BCUT2D eigenvalue weighted by Crippen LogP contribution is -2.38. The van der Waals surface area contributed by atoms with Crippen LogP contribution in [0.3, 0.4) is 0 Å². The molecule has 7 nitrogen and oxygen atoms in total. The van der Waals surface area contributed by atoms with Crippen molar-refractivity contribution in [1.82, 2.24) is 20.4 Å². The molecule has 30 heavy (non-hydrogen) atoms. The number of rotatable bonds is 8. The molecular formula is C23H30N4O3. The minimum absolute atomic E-state index is 0.0398. The molecule has 0 aliphatic heterocycles. The Bertz CT molecular complexity index is 953. The summed E-state index contributed by atoms with van der Waals surface area (Å²) >= 11 is 0. The molecule has 3 aromatic rings. The number of likely N-dealkylation sites (N-methyl/N-ethyl adjacent to an activating group) is 1. The maximum Gasteiger partial charge on any atom is 0.258 e. The first-order valence-corrected chi connectivity index (χ1v) is 10.3. The highest BCUT2D eigenvalue weighted by Gasteiger charge is 2.25. The largest absolute Gasteiger partial charge is 0.468 e. The fourth-order valence-electron chi connectivity index (χ4n) is 3.34. The molecule has 1 atom stereocenters. The van der Waals surface area contributed by atoms with E-state index in [1.54, 1.807) is 12.3 Å². The van der Waals surface area contributed by atoms with Gasteiger partial charge >= 0.3 is 0 Å². The van der Waals surface area contributed by atoms with Crippen molar-refractivity contribution < 1.29 is 13.7 Å². The summed E-state index contributed by atoms with van der Waals surface area (Å²) in [6.45, 7) is 12.4. The highest BCUT2D eigenvalue weighted by molar-refractivity contribution is 5.99. The minimum atomic E-state index is -0.237. The van der Waals surface area contributed by atoms with Crippen molar-refractivity contribution in [3.05, 3.63) is 59.8 Å². The van der Waals surface area contributed by atoms with E-state index in [0.29, 0.717) is 29.4 Å². The smallest absolute Gasteiger partial charge is 0.258 e. The lowest BCUT2D eigenvalue weighted by atomic mass is 9.96. The molecule has 2 aromatic heterocycles. The molecule has 0 spiro atoms. The van der Waals surface area contributed by atoms with Crippen LogP contribution >= 0.6 is 0 Å². The first-order valence-electron chi connectivity index (χ1n) is 10.3. The summed E-state index contributed by atoms with van der Waals surface area (Å²) in [5.41, 5.74) is 0.883. The molecule has 0 fully saturated rings. The SMILES string of the molecule is CCN(CC)C(CNC(=O)c1ccccc1-c1nc(C(C)(C)C)no1)c1ccco1. The summed E-state index contributed by atoms with van der Waals surface area (Å²) in [7, 11) is 0. The van der Waals surface area contributed by atoms with E-state index in [9.17, 15) is 4.79 Å². The Balaban J connectivity index is 1.81. The van der Waals surface area contributed by atoms with E-state index in [2.05, 4.69) is 34.2 Å². The summed E-state index contributed by atoms with van der Waals surface area (Å²) in [5.74, 6) is 1.59. The predicted molar refractivity (Wildman–Crippen MR) is 115 cm³/mol. The fraction of sp³-hybridized carbons (Fsp3) is 0.435. The number of nitrogens with zero attached hydrogens (tertiary/aromatic N) is 3. The van der Waals surface area contributed by atoms with Gasteiger partial charge in [-0.15, -0.1) is 0 Å². The summed E-state index contributed by atoms with van der Waals surface area (Å²) in [5, 5.41) is 7.13. The van der Waals surface area contributed by atoms with Gasteiger partial charge in [0.2, 0.25) is 0 Å². The van der Waals surface area contributed by atoms with E-state index >= 15 is 0 Å². The number of hydrogen-bond donors (Lipinski definition) is 1. The summed E-state index contributed by atoms with van der Waals surface area (Å²) in [6, 6.07) is 11.0. The molecule has 3 rings (SSSR count). The average molecular weight is 411 g/mol. The highest BCUT2D eigenvalue weighted by atomic mass is 16.5. The zero-order valence-electron chi connectivity index (χ0n) is 18.3. The quantitative estimate of drug-likeness (QED) is 0.591. The van der Waals surface area contributed by atoms with Crippen LogP contribution in [0.2, 0.25) is 0 Å². The van der Waals surface area contributed by atoms with Crippen LogP contribution in [0.5, 0.6) is 0 Å². The van der Waals surface area contributed by atoms with Gasteiger partial charge in [-0.3, -0.25) is 9.69 Å². The molecular weight excluding hydrogens is 380 g/mol. The van der Waals surface area contributed by atoms with E-state index in [1.807, 2.05) is 51.1 Å². The Kier molecular flexibility index (Phi) is 6.72. The number of carbonyl (C=O) groups is 1. The number of hydrogen-bond acceptors (Lipinski definition) is 6. The van der Waals surface area contributed by atoms with Gasteiger partial charge in [0.05, 0.1) is 23.4 Å². The third-order valence-corrected chi connectivity index (χ3v) is 5.08. The highest BCUT2D eigenvalue weighted by Crippen LogP contribution is 2.26. The van der Waals surface area contributed by atoms with E-state index < -0.39 is 0 Å². The van der Waals surface area contributed by atoms with Crippen LogP contribution in [-0.4, -0.2) is 40.6 Å². The van der Waals surface area contributed by atoms with Gasteiger partial charge in [0, 0.05) is 12.0 Å². The molecule has 0 saturated carbocycles. The molecule has 160 valence electrons. The molecule has 0 saturated heterocycles. The van der Waals surface area contributed by atoms with Crippen LogP contribution in [0.1, 0.15) is 62.6 Å². The van der Waals surface area contributed by atoms with E-state index in [0.717, 1.165) is 18.8 Å². The molecule has 0 radical (unpaired) electrons. The Labute approximate surface area is 177 Å². The van der Waals surface area contributed by atoms with E-state index in [1.165, 1.54) is 0 Å². The predicted octanol–water partition coefficient (Wildman–Crippen LogP) is 4.44. The van der Waals surface area contributed by atoms with Crippen LogP contribution in [0.4, 0.5) is 0 Å². The van der Waals surface area contributed by atoms with Gasteiger partial charge in [0.15, 0.2) is 5.82 Å². The van der Waals surface area contributed by atoms with Crippen LogP contribution in [-0.2, 0) is 5.41 Å². The molecule has 2 heterocycles. The standard InChI is InChI=1S/C23H30N4O3/c1-6-27(7-2)18(19-13-10-14-29-19)15-24-20(28)16-11-8-9-12-17(16)21-25-22(26-30-21)23(3,4)5/h8-14,18H,6-7,15H2,1-5H3,(H,24,28). The molecule has 1 aromatic carbocycles. The lowest BCUT2D eigenvalue weighted by Gasteiger charge is -2.28. The average Bonchev–Trinajstić information content (AvgIpc) is 3.43. The van der Waals surface area contributed by atoms with Crippen molar-refractivity contribution >= 4 is 5.91 Å². The van der Waals surface area contributed by atoms with Crippen molar-refractivity contribution in [2.24, 2.45) is 0 Å². The Morgan fingerprint density at radius 2 is 1.87 bits per heavy atom. The van der Waals surface area contributed by atoms with Crippen LogP contribution in [0.25, 0.3) is 11.5 Å². The monoisotopic (exact) mass is 410 g/mol. The summed E-state index contributed by atoms with van der Waals surface area (Å²) < 4.78 is 11.1. The van der Waals surface area contributed by atoms with Crippen LogP contribution < -0.4 is 5.32 Å². The molecule has 7 heteroatoms. The summed E-state index contributed by atoms with van der Waals surface area (Å²) in [6.07, 6.45) is 1.66. The molecule has 1 unspecified atom stereocenters. The van der Waals surface area contributed by atoms with Crippen molar-refractivity contribution in [1.29, 1.82) is 0 Å². The summed E-state index contributed by atoms with van der Waals surface area (Å²) in [4.78, 5) is 19.8. The number of amides is 1. The number of carbonyl (C=O) groups excluding carboxylic acids is 1. The van der Waals surface area contributed by atoms with Gasteiger partial charge in [0.1, 0.15) is 5.76 Å². The second-order valence-corrected chi connectivity index (χ2v) is 8.18. The van der Waals surface area contributed by atoms with E-state index in [4.69, 9.17) is 8.94 Å². The first kappa shape index (κ1) is 21.8. The third-order valence-electron chi connectivity index (χ3n) is 5.08. The number of furan rings is 1. The van der Waals surface area contributed by atoms with Crippen molar-refractivity contribution in [3.8, 4) is 11.5 Å². The minimum Gasteiger partial charge on any atom is -0.468 e. The molecule has 0 aliphatic carbocycles. The normalized spacial score (nSPS) is 12.9. The lowest BCUT2D eigenvalue weighted by molar-refractivity contribution is 0.0930.